The Morgan fingerprint density at radius 2 is 2.19 bits per heavy atom. The lowest BCUT2D eigenvalue weighted by molar-refractivity contribution is -0.146. The molecule has 0 radical (unpaired) electrons. The first-order chi connectivity index (χ1) is 13.1. The van der Waals surface area contributed by atoms with Crippen molar-refractivity contribution < 1.29 is 9.53 Å². The van der Waals surface area contributed by atoms with E-state index < -0.39 is 0 Å². The molecule has 0 aliphatic carbocycles. The molecule has 5 rings (SSSR count). The number of nitrogens with one attached hydrogen (secondary N) is 1. The first-order valence-electron chi connectivity index (χ1n) is 9.36. The summed E-state index contributed by atoms with van der Waals surface area (Å²) in [4.78, 5) is 26.7. The van der Waals surface area contributed by atoms with Crippen LogP contribution in [0, 0.1) is 5.41 Å². The van der Waals surface area contributed by atoms with Gasteiger partial charge in [-0.3, -0.25) is 14.6 Å². The normalized spacial score (nSPS) is 27.4. The number of hydrogen-bond acceptors (Lipinski definition) is 7. The van der Waals surface area contributed by atoms with Crippen LogP contribution in [0.5, 0.6) is 0 Å². The Bertz CT molecular complexity index is 820. The van der Waals surface area contributed by atoms with Gasteiger partial charge in [-0.15, -0.1) is 11.3 Å². The predicted molar refractivity (Wildman–Crippen MR) is 104 cm³/mol. The van der Waals surface area contributed by atoms with Crippen molar-refractivity contribution in [2.24, 2.45) is 5.41 Å². The number of fused-ring (bicyclic) bond motifs is 1. The van der Waals surface area contributed by atoms with Gasteiger partial charge in [0, 0.05) is 43.8 Å². The second-order valence-corrected chi connectivity index (χ2v) is 9.17. The lowest BCUT2D eigenvalue weighted by Gasteiger charge is -2.50. The molecule has 2 aromatic rings. The Labute approximate surface area is 166 Å². The van der Waals surface area contributed by atoms with Gasteiger partial charge in [-0.05, 0) is 18.9 Å². The summed E-state index contributed by atoms with van der Waals surface area (Å²) in [6.07, 6.45) is 5.43. The number of β-lactam (4-membered cyclic amide) rings is 1. The van der Waals surface area contributed by atoms with E-state index in [-0.39, 0.29) is 23.1 Å². The summed E-state index contributed by atoms with van der Waals surface area (Å²) < 4.78 is 6.64. The van der Waals surface area contributed by atoms with E-state index in [1.54, 1.807) is 17.7 Å². The van der Waals surface area contributed by atoms with Crippen molar-refractivity contribution in [3.05, 3.63) is 23.5 Å². The number of carbonyl (C=O) groups excluding carboxylic acids is 1. The molecular weight excluding hydrogens is 386 g/mol. The van der Waals surface area contributed by atoms with Crippen molar-refractivity contribution in [1.82, 2.24) is 25.1 Å². The second kappa shape index (κ2) is 6.93. The van der Waals surface area contributed by atoms with E-state index in [0.29, 0.717) is 13.2 Å². The smallest absolute Gasteiger partial charge is 0.228 e. The van der Waals surface area contributed by atoms with Crippen molar-refractivity contribution in [2.45, 2.75) is 24.6 Å². The molecule has 0 saturated carbocycles. The number of carbonyl (C=O) groups is 1. The summed E-state index contributed by atoms with van der Waals surface area (Å²) in [6.45, 7) is 4.80. The maximum atomic E-state index is 12.0. The van der Waals surface area contributed by atoms with Crippen molar-refractivity contribution >= 4 is 39.1 Å². The van der Waals surface area contributed by atoms with Gasteiger partial charge in [0.25, 0.3) is 0 Å². The fourth-order valence-corrected chi connectivity index (χ4v) is 5.81. The minimum Gasteiger partial charge on any atom is -0.360 e. The SMILES string of the molecule is O=C1NCC12CCN(C(c1cc3ncncc3s1)N1CCOC(Cl)C1)CC2. The summed E-state index contributed by atoms with van der Waals surface area (Å²) >= 11 is 8.04. The van der Waals surface area contributed by atoms with E-state index in [1.165, 1.54) is 4.88 Å². The highest BCUT2D eigenvalue weighted by Crippen LogP contribution is 2.41. The van der Waals surface area contributed by atoms with Crippen LogP contribution in [-0.2, 0) is 9.53 Å². The molecule has 0 bridgehead atoms. The van der Waals surface area contributed by atoms with Crippen LogP contribution in [0.25, 0.3) is 10.2 Å². The number of rotatable bonds is 3. The molecule has 9 heteroatoms. The molecule has 1 spiro atoms. The molecule has 5 heterocycles. The third-order valence-electron chi connectivity index (χ3n) is 6.04. The van der Waals surface area contributed by atoms with E-state index in [2.05, 4.69) is 31.2 Å². The number of nitrogens with zero attached hydrogens (tertiary/aromatic N) is 4. The average molecular weight is 408 g/mol. The first-order valence-corrected chi connectivity index (χ1v) is 10.6. The van der Waals surface area contributed by atoms with Gasteiger partial charge < -0.3 is 10.1 Å². The van der Waals surface area contributed by atoms with Crippen LogP contribution in [0.4, 0.5) is 0 Å². The highest BCUT2D eigenvalue weighted by molar-refractivity contribution is 7.19. The molecule has 0 aromatic carbocycles. The van der Waals surface area contributed by atoms with Gasteiger partial charge in [-0.2, -0.15) is 0 Å². The quantitative estimate of drug-likeness (QED) is 0.618. The minimum absolute atomic E-state index is 0.132. The number of halogens is 1. The summed E-state index contributed by atoms with van der Waals surface area (Å²) in [5.74, 6) is 0.225. The Balaban J connectivity index is 1.44. The molecular formula is C18H22ClN5O2S. The number of piperidine rings is 1. The third kappa shape index (κ3) is 3.13. The number of alkyl halides is 1. The average Bonchev–Trinajstić information content (AvgIpc) is 3.11. The molecule has 3 aliphatic heterocycles. The highest BCUT2D eigenvalue weighted by Gasteiger charge is 2.49. The fraction of sp³-hybridized carbons (Fsp3) is 0.611. The Kier molecular flexibility index (Phi) is 4.56. The van der Waals surface area contributed by atoms with Crippen LogP contribution < -0.4 is 5.32 Å². The van der Waals surface area contributed by atoms with Gasteiger partial charge in [0.2, 0.25) is 5.91 Å². The zero-order valence-electron chi connectivity index (χ0n) is 14.9. The molecule has 27 heavy (non-hydrogen) atoms. The van der Waals surface area contributed by atoms with E-state index >= 15 is 0 Å². The summed E-state index contributed by atoms with van der Waals surface area (Å²) in [7, 11) is 0. The monoisotopic (exact) mass is 407 g/mol. The number of likely N-dealkylation sites (tertiary alicyclic amines) is 1. The molecule has 3 fully saturated rings. The Hall–Kier alpha value is -1.32. The second-order valence-electron chi connectivity index (χ2n) is 7.57. The van der Waals surface area contributed by atoms with Gasteiger partial charge in [-0.25, -0.2) is 9.97 Å². The zero-order valence-corrected chi connectivity index (χ0v) is 16.5. The van der Waals surface area contributed by atoms with Gasteiger partial charge >= 0.3 is 0 Å². The molecule has 1 N–H and O–H groups in total. The topological polar surface area (TPSA) is 70.6 Å². The molecule has 2 unspecified atom stereocenters. The van der Waals surface area contributed by atoms with E-state index in [4.69, 9.17) is 16.3 Å². The number of aromatic nitrogens is 2. The summed E-state index contributed by atoms with van der Waals surface area (Å²) in [5, 5.41) is 2.92. The van der Waals surface area contributed by atoms with Gasteiger partial charge in [0.05, 0.1) is 28.4 Å². The maximum absolute atomic E-state index is 12.0. The largest absolute Gasteiger partial charge is 0.360 e. The van der Waals surface area contributed by atoms with Crippen LogP contribution in [0.1, 0.15) is 23.9 Å². The molecule has 7 nitrogen and oxygen atoms in total. The van der Waals surface area contributed by atoms with Crippen LogP contribution in [0.15, 0.2) is 18.6 Å². The highest BCUT2D eigenvalue weighted by atomic mass is 35.5. The van der Waals surface area contributed by atoms with Crippen molar-refractivity contribution in [3.63, 3.8) is 0 Å². The Morgan fingerprint density at radius 3 is 2.85 bits per heavy atom. The third-order valence-corrected chi connectivity index (χ3v) is 7.40. The van der Waals surface area contributed by atoms with Crippen molar-refractivity contribution in [1.29, 1.82) is 0 Å². The van der Waals surface area contributed by atoms with Crippen LogP contribution >= 0.6 is 22.9 Å². The summed E-state index contributed by atoms with van der Waals surface area (Å²) in [6, 6.07) is 2.17. The Morgan fingerprint density at radius 1 is 1.33 bits per heavy atom. The van der Waals surface area contributed by atoms with Gasteiger partial charge in [0.15, 0.2) is 0 Å². The van der Waals surface area contributed by atoms with E-state index in [0.717, 1.165) is 49.2 Å². The molecule has 3 aliphatic rings. The number of thiophene rings is 1. The standard InChI is InChI=1S/C18H22ClN5O2S/c19-15-9-24(5-6-26-15)16(13-7-12-14(27-13)8-20-11-22-12)23-3-1-18(2-4-23)10-21-17(18)25/h7-8,11,15-16H,1-6,9-10H2,(H,21,25). The predicted octanol–water partition coefficient (Wildman–Crippen LogP) is 1.80. The van der Waals surface area contributed by atoms with E-state index in [9.17, 15) is 4.79 Å². The zero-order chi connectivity index (χ0) is 18.4. The molecule has 2 atom stereocenters. The molecule has 2 aromatic heterocycles. The van der Waals surface area contributed by atoms with Crippen LogP contribution in [-0.4, -0.2) is 70.6 Å². The van der Waals surface area contributed by atoms with E-state index in [1.807, 2.05) is 6.20 Å². The lowest BCUT2D eigenvalue weighted by atomic mass is 9.72. The minimum atomic E-state index is -0.288. The van der Waals surface area contributed by atoms with Gasteiger partial charge in [0.1, 0.15) is 11.9 Å². The number of ether oxygens (including phenoxy) is 1. The van der Waals surface area contributed by atoms with Crippen molar-refractivity contribution in [2.75, 3.05) is 39.3 Å². The van der Waals surface area contributed by atoms with Crippen LogP contribution in [0.3, 0.4) is 0 Å². The molecule has 1 amide bonds. The number of hydrogen-bond donors (Lipinski definition) is 1. The summed E-state index contributed by atoms with van der Waals surface area (Å²) in [5.41, 5.74) is 0.564. The van der Waals surface area contributed by atoms with Crippen molar-refractivity contribution in [3.8, 4) is 0 Å². The molecule has 3 saturated heterocycles. The van der Waals surface area contributed by atoms with Gasteiger partial charge in [-0.1, -0.05) is 11.6 Å². The lowest BCUT2D eigenvalue weighted by Crippen LogP contribution is -2.63. The maximum Gasteiger partial charge on any atom is 0.228 e. The number of amides is 1. The number of morpholine rings is 1. The fourth-order valence-electron chi connectivity index (χ4n) is 4.38. The first kappa shape index (κ1) is 17.8. The molecule has 144 valence electrons. The van der Waals surface area contributed by atoms with Crippen LogP contribution in [0.2, 0.25) is 0 Å².